The van der Waals surface area contributed by atoms with Crippen LogP contribution in [0.4, 0.5) is 0 Å². The van der Waals surface area contributed by atoms with E-state index in [0.29, 0.717) is 50.9 Å². The van der Waals surface area contributed by atoms with E-state index < -0.39 is 12.0 Å². The summed E-state index contributed by atoms with van der Waals surface area (Å²) in [6.45, 7) is 10.2. The highest BCUT2D eigenvalue weighted by Crippen LogP contribution is 2.32. The second-order valence-corrected chi connectivity index (χ2v) is 10.1. The highest BCUT2D eigenvalue weighted by atomic mass is 32.1. The molecule has 1 atom stereocenters. The summed E-state index contributed by atoms with van der Waals surface area (Å²) in [6.07, 6.45) is 2.29. The third-order valence-electron chi connectivity index (χ3n) is 5.83. The van der Waals surface area contributed by atoms with Gasteiger partial charge in [0.2, 0.25) is 0 Å². The molecule has 0 saturated heterocycles. The Balaban J connectivity index is 1.86. The van der Waals surface area contributed by atoms with E-state index in [1.807, 2.05) is 38.1 Å². The largest absolute Gasteiger partial charge is 0.504 e. The number of thiazole rings is 1. The number of fused-ring (bicyclic) bond motifs is 1. The van der Waals surface area contributed by atoms with Gasteiger partial charge in [-0.05, 0) is 75.6 Å². The van der Waals surface area contributed by atoms with Gasteiger partial charge in [0.15, 0.2) is 16.3 Å². The maximum absolute atomic E-state index is 13.8. The van der Waals surface area contributed by atoms with E-state index in [4.69, 9.17) is 14.2 Å². The number of ether oxygens (including phenoxy) is 3. The molecule has 9 heteroatoms. The van der Waals surface area contributed by atoms with E-state index in [9.17, 15) is 14.7 Å². The van der Waals surface area contributed by atoms with Crippen LogP contribution in [0.3, 0.4) is 0 Å². The topological polar surface area (TPSA) is 99.4 Å². The van der Waals surface area contributed by atoms with Gasteiger partial charge >= 0.3 is 5.97 Å². The zero-order valence-corrected chi connectivity index (χ0v) is 23.0. The van der Waals surface area contributed by atoms with Crippen molar-refractivity contribution < 1.29 is 24.1 Å². The number of phenols is 1. The number of esters is 1. The normalized spacial score (nSPS) is 15.3. The summed E-state index contributed by atoms with van der Waals surface area (Å²) in [5, 5.41) is 10.0. The van der Waals surface area contributed by atoms with Crippen LogP contribution in [0.2, 0.25) is 0 Å². The number of carbonyl (C=O) groups excluding carboxylic acids is 1. The highest BCUT2D eigenvalue weighted by Gasteiger charge is 2.33. The lowest BCUT2D eigenvalue weighted by Crippen LogP contribution is -2.40. The summed E-state index contributed by atoms with van der Waals surface area (Å²) in [5.74, 6) is 0.576. The summed E-state index contributed by atoms with van der Waals surface area (Å²) in [7, 11) is 0. The molecule has 1 aliphatic rings. The van der Waals surface area contributed by atoms with Gasteiger partial charge in [-0.15, -0.1) is 0 Å². The Kier molecular flexibility index (Phi) is 8.36. The van der Waals surface area contributed by atoms with Gasteiger partial charge in [0, 0.05) is 0 Å². The summed E-state index contributed by atoms with van der Waals surface area (Å²) >= 11 is 1.24. The quantitative estimate of drug-likeness (QED) is 0.414. The summed E-state index contributed by atoms with van der Waals surface area (Å²) in [4.78, 5) is 32.1. The molecule has 0 fully saturated rings. The SMILES string of the molecule is CCCOc1ccc(C2C(C(=O)OC(C)C)=C(C)N=c3s/c(=C\c4ccc(O)c(OCC)c4)c(=O)n32)cc1. The van der Waals surface area contributed by atoms with E-state index in [1.165, 1.54) is 17.4 Å². The fourth-order valence-electron chi connectivity index (χ4n) is 4.18. The van der Waals surface area contributed by atoms with Gasteiger partial charge < -0.3 is 19.3 Å². The van der Waals surface area contributed by atoms with Gasteiger partial charge in [0.1, 0.15) is 5.75 Å². The van der Waals surface area contributed by atoms with E-state index in [2.05, 4.69) is 4.99 Å². The number of allylic oxidation sites excluding steroid dienone is 1. The maximum Gasteiger partial charge on any atom is 0.338 e. The maximum atomic E-state index is 13.8. The Hall–Kier alpha value is -3.85. The van der Waals surface area contributed by atoms with Crippen molar-refractivity contribution in [1.82, 2.24) is 4.57 Å². The van der Waals surface area contributed by atoms with Crippen molar-refractivity contribution in [2.75, 3.05) is 13.2 Å². The molecular weight excluding hydrogens is 504 g/mol. The van der Waals surface area contributed by atoms with Crippen LogP contribution in [0.25, 0.3) is 6.08 Å². The third-order valence-corrected chi connectivity index (χ3v) is 6.82. The number of hydrogen-bond donors (Lipinski definition) is 1. The average molecular weight is 537 g/mol. The first-order valence-corrected chi connectivity index (χ1v) is 13.5. The van der Waals surface area contributed by atoms with Crippen molar-refractivity contribution >= 4 is 23.4 Å². The number of nitrogens with zero attached hydrogens (tertiary/aromatic N) is 2. The molecule has 1 aromatic heterocycles. The lowest BCUT2D eigenvalue weighted by Gasteiger charge is -2.25. The molecule has 0 spiro atoms. The van der Waals surface area contributed by atoms with E-state index in [0.717, 1.165) is 12.0 Å². The number of benzene rings is 2. The first-order valence-electron chi connectivity index (χ1n) is 12.7. The molecule has 38 heavy (non-hydrogen) atoms. The minimum atomic E-state index is -0.710. The van der Waals surface area contributed by atoms with Crippen LogP contribution >= 0.6 is 11.3 Å². The van der Waals surface area contributed by atoms with Crippen LogP contribution in [-0.2, 0) is 9.53 Å². The van der Waals surface area contributed by atoms with Crippen LogP contribution in [0, 0.1) is 0 Å². The zero-order chi connectivity index (χ0) is 27.4. The molecule has 200 valence electrons. The molecule has 2 heterocycles. The Labute approximate surface area is 225 Å². The second kappa shape index (κ2) is 11.7. The number of rotatable bonds is 9. The lowest BCUT2D eigenvalue weighted by atomic mass is 9.96. The van der Waals surface area contributed by atoms with Crippen molar-refractivity contribution in [3.05, 3.63) is 84.5 Å². The fraction of sp³-hybridized carbons (Fsp3) is 0.345. The molecule has 4 rings (SSSR count). The molecule has 0 radical (unpaired) electrons. The van der Waals surface area contributed by atoms with Gasteiger partial charge in [-0.3, -0.25) is 9.36 Å². The zero-order valence-electron chi connectivity index (χ0n) is 22.2. The summed E-state index contributed by atoms with van der Waals surface area (Å²) in [6, 6.07) is 11.6. The molecule has 8 nitrogen and oxygen atoms in total. The smallest absolute Gasteiger partial charge is 0.338 e. The second-order valence-electron chi connectivity index (χ2n) is 9.11. The Morgan fingerprint density at radius 3 is 2.55 bits per heavy atom. The van der Waals surface area contributed by atoms with Gasteiger partial charge in [-0.1, -0.05) is 36.5 Å². The number of aromatic nitrogens is 1. The molecule has 0 saturated carbocycles. The fourth-order valence-corrected chi connectivity index (χ4v) is 5.23. The van der Waals surface area contributed by atoms with Crippen LogP contribution < -0.4 is 24.4 Å². The predicted octanol–water partition coefficient (Wildman–Crippen LogP) is 4.08. The summed E-state index contributed by atoms with van der Waals surface area (Å²) in [5.41, 5.74) is 1.99. The predicted molar refractivity (Wildman–Crippen MR) is 146 cm³/mol. The molecule has 0 aliphatic carbocycles. The monoisotopic (exact) mass is 536 g/mol. The van der Waals surface area contributed by atoms with Crippen molar-refractivity contribution in [2.24, 2.45) is 4.99 Å². The lowest BCUT2D eigenvalue weighted by molar-refractivity contribution is -0.143. The van der Waals surface area contributed by atoms with E-state index >= 15 is 0 Å². The van der Waals surface area contributed by atoms with Crippen molar-refractivity contribution in [3.8, 4) is 17.2 Å². The first-order chi connectivity index (χ1) is 18.2. The average Bonchev–Trinajstić information content (AvgIpc) is 3.18. The minimum Gasteiger partial charge on any atom is -0.504 e. The minimum absolute atomic E-state index is 0.0285. The van der Waals surface area contributed by atoms with Crippen LogP contribution in [0.1, 0.15) is 58.2 Å². The van der Waals surface area contributed by atoms with E-state index in [-0.39, 0.29) is 17.4 Å². The molecule has 2 aromatic carbocycles. The van der Waals surface area contributed by atoms with Crippen molar-refractivity contribution in [1.29, 1.82) is 0 Å². The number of aromatic hydroxyl groups is 1. The van der Waals surface area contributed by atoms with Gasteiger partial charge in [0.05, 0.1) is 41.2 Å². The Morgan fingerprint density at radius 1 is 1.16 bits per heavy atom. The van der Waals surface area contributed by atoms with Crippen molar-refractivity contribution in [2.45, 2.75) is 53.2 Å². The van der Waals surface area contributed by atoms with Crippen molar-refractivity contribution in [3.63, 3.8) is 0 Å². The van der Waals surface area contributed by atoms with Crippen LogP contribution in [0.5, 0.6) is 17.2 Å². The molecule has 1 unspecified atom stereocenters. The third kappa shape index (κ3) is 5.67. The van der Waals surface area contributed by atoms with Gasteiger partial charge in [0.25, 0.3) is 5.56 Å². The van der Waals surface area contributed by atoms with Gasteiger partial charge in [-0.2, -0.15) is 0 Å². The molecule has 0 bridgehead atoms. The molecule has 3 aromatic rings. The standard InChI is InChI=1S/C29H32N2O6S/c1-6-14-36-21-11-9-20(10-12-21)26-25(28(34)37-17(3)4)18(5)30-29-31(26)27(33)24(38-29)16-19-8-13-22(32)23(15-19)35-7-2/h8-13,15-17,26,32H,6-7,14H2,1-5H3/b24-16-. The molecular formula is C29H32N2O6S. The number of hydrogen-bond acceptors (Lipinski definition) is 8. The van der Waals surface area contributed by atoms with Gasteiger partial charge in [-0.25, -0.2) is 9.79 Å². The molecule has 1 aliphatic heterocycles. The number of carbonyl (C=O) groups is 1. The van der Waals surface area contributed by atoms with Crippen LogP contribution in [0.15, 0.2) is 63.5 Å². The molecule has 1 N–H and O–H groups in total. The summed E-state index contributed by atoms with van der Waals surface area (Å²) < 4.78 is 18.8. The van der Waals surface area contributed by atoms with E-state index in [1.54, 1.807) is 43.5 Å². The highest BCUT2D eigenvalue weighted by molar-refractivity contribution is 7.07. The molecule has 0 amide bonds. The van der Waals surface area contributed by atoms with Crippen LogP contribution in [-0.4, -0.2) is 35.0 Å². The Bertz CT molecular complexity index is 1530. The first kappa shape index (κ1) is 27.2. The number of phenolic OH excluding ortho intramolecular Hbond substituents is 1. The Morgan fingerprint density at radius 2 is 1.89 bits per heavy atom.